The Hall–Kier alpha value is -0.850. The summed E-state index contributed by atoms with van der Waals surface area (Å²) in [6, 6.07) is 2.45. The molecule has 0 bridgehead atoms. The van der Waals surface area contributed by atoms with E-state index in [0.717, 1.165) is 19.6 Å². The minimum Gasteiger partial charge on any atom is -0.348 e. The normalized spacial score (nSPS) is 48.4. The number of rotatable bonds is 0. The average Bonchev–Trinajstić information content (AvgIpc) is 2.74. The Morgan fingerprint density at radius 1 is 1.21 bits per heavy atom. The van der Waals surface area contributed by atoms with Crippen molar-refractivity contribution in [1.29, 1.82) is 5.26 Å². The van der Waals surface area contributed by atoms with Crippen LogP contribution in [0.1, 0.15) is 33.1 Å². The Labute approximate surface area is 114 Å². The van der Waals surface area contributed by atoms with E-state index in [4.69, 9.17) is 9.47 Å². The Morgan fingerprint density at radius 3 is 2.63 bits per heavy atom. The molecule has 3 heteroatoms. The van der Waals surface area contributed by atoms with E-state index in [1.54, 1.807) is 0 Å². The van der Waals surface area contributed by atoms with Gasteiger partial charge in [0.2, 0.25) is 0 Å². The fraction of sp³-hybridized carbons (Fsp3) is 0.812. The zero-order chi connectivity index (χ0) is 13.3. The van der Waals surface area contributed by atoms with Crippen LogP contribution >= 0.6 is 0 Å². The van der Waals surface area contributed by atoms with Gasteiger partial charge >= 0.3 is 0 Å². The van der Waals surface area contributed by atoms with Crippen molar-refractivity contribution in [3.05, 3.63) is 12.2 Å². The molecule has 2 spiro atoms. The largest absolute Gasteiger partial charge is 0.348 e. The van der Waals surface area contributed by atoms with Crippen LogP contribution in [0.15, 0.2) is 12.2 Å². The molecule has 1 saturated heterocycles. The highest BCUT2D eigenvalue weighted by Crippen LogP contribution is 2.79. The molecular weight excluding hydrogens is 238 g/mol. The van der Waals surface area contributed by atoms with Gasteiger partial charge in [-0.05, 0) is 18.8 Å². The molecule has 3 nitrogen and oxygen atoms in total. The summed E-state index contributed by atoms with van der Waals surface area (Å²) in [6.07, 6.45) is 7.98. The van der Waals surface area contributed by atoms with Crippen LogP contribution in [0.25, 0.3) is 0 Å². The first-order valence-electron chi connectivity index (χ1n) is 7.42. The van der Waals surface area contributed by atoms with E-state index in [1.807, 2.05) is 0 Å². The Kier molecular flexibility index (Phi) is 2.15. The van der Waals surface area contributed by atoms with Crippen molar-refractivity contribution in [2.75, 3.05) is 13.2 Å². The standard InChI is InChI=1S/C16H21NO2/c1-14(2)9-18-16(19-10-14)13-11(8-17)5-6-12-4-3-7-15(12,13)16/h5-6,11-13H,3-4,7,9-10H2,1-2H3/t11-,12-,13-,15+/m1/s1. The minimum atomic E-state index is -0.451. The fourth-order valence-electron chi connectivity index (χ4n) is 4.85. The van der Waals surface area contributed by atoms with E-state index in [-0.39, 0.29) is 22.7 Å². The van der Waals surface area contributed by atoms with Gasteiger partial charge in [-0.25, -0.2) is 0 Å². The lowest BCUT2D eigenvalue weighted by molar-refractivity contribution is -0.267. The van der Waals surface area contributed by atoms with Crippen molar-refractivity contribution in [2.24, 2.45) is 28.6 Å². The van der Waals surface area contributed by atoms with Crippen molar-refractivity contribution in [3.8, 4) is 6.07 Å². The molecule has 4 aliphatic rings. The molecule has 0 aromatic heterocycles. The number of nitrogens with zero attached hydrogens (tertiary/aromatic N) is 1. The lowest BCUT2D eigenvalue weighted by Crippen LogP contribution is -2.43. The molecule has 1 aliphatic heterocycles. The maximum Gasteiger partial charge on any atom is 0.180 e. The molecule has 1 heterocycles. The molecule has 0 amide bonds. The number of nitriles is 1. The summed E-state index contributed by atoms with van der Waals surface area (Å²) in [4.78, 5) is 0. The summed E-state index contributed by atoms with van der Waals surface area (Å²) >= 11 is 0. The highest BCUT2D eigenvalue weighted by atomic mass is 16.7. The van der Waals surface area contributed by atoms with Crippen LogP contribution in [0.5, 0.6) is 0 Å². The number of ether oxygens (including phenoxy) is 2. The Bertz CT molecular complexity index is 479. The molecule has 4 rings (SSSR count). The van der Waals surface area contributed by atoms with E-state index in [2.05, 4.69) is 32.1 Å². The molecule has 0 N–H and O–H groups in total. The molecule has 2 saturated carbocycles. The highest BCUT2D eigenvalue weighted by Gasteiger charge is 2.85. The second kappa shape index (κ2) is 3.42. The molecule has 0 unspecified atom stereocenters. The molecule has 0 aromatic carbocycles. The Morgan fingerprint density at radius 2 is 1.95 bits per heavy atom. The van der Waals surface area contributed by atoms with E-state index in [9.17, 15) is 5.26 Å². The topological polar surface area (TPSA) is 42.2 Å². The van der Waals surface area contributed by atoms with Gasteiger partial charge in [0.15, 0.2) is 5.79 Å². The number of hydrogen-bond donors (Lipinski definition) is 0. The summed E-state index contributed by atoms with van der Waals surface area (Å²) in [5.74, 6) is 0.339. The van der Waals surface area contributed by atoms with Crippen LogP contribution in [0, 0.1) is 39.9 Å². The third-order valence-corrected chi connectivity index (χ3v) is 5.71. The summed E-state index contributed by atoms with van der Waals surface area (Å²) in [7, 11) is 0. The van der Waals surface area contributed by atoms with Gasteiger partial charge in [-0.1, -0.05) is 32.4 Å². The maximum absolute atomic E-state index is 9.41. The van der Waals surface area contributed by atoms with Gasteiger partial charge in [0, 0.05) is 16.7 Å². The van der Waals surface area contributed by atoms with E-state index in [0.29, 0.717) is 5.92 Å². The number of fused-ring (bicyclic) bond motifs is 1. The van der Waals surface area contributed by atoms with Crippen molar-refractivity contribution in [3.63, 3.8) is 0 Å². The van der Waals surface area contributed by atoms with Gasteiger partial charge in [0.05, 0.1) is 25.2 Å². The lowest BCUT2D eigenvalue weighted by Gasteiger charge is -2.38. The van der Waals surface area contributed by atoms with Gasteiger partial charge in [-0.2, -0.15) is 5.26 Å². The van der Waals surface area contributed by atoms with E-state index >= 15 is 0 Å². The van der Waals surface area contributed by atoms with Gasteiger partial charge in [0.1, 0.15) is 0 Å². The first kappa shape index (κ1) is 11.9. The third kappa shape index (κ3) is 1.25. The fourth-order valence-corrected chi connectivity index (χ4v) is 4.85. The van der Waals surface area contributed by atoms with Crippen LogP contribution < -0.4 is 0 Å². The third-order valence-electron chi connectivity index (χ3n) is 5.71. The monoisotopic (exact) mass is 259 g/mol. The molecule has 3 aliphatic carbocycles. The van der Waals surface area contributed by atoms with Crippen LogP contribution in [-0.4, -0.2) is 19.0 Å². The lowest BCUT2D eigenvalue weighted by atomic mass is 9.81. The zero-order valence-corrected chi connectivity index (χ0v) is 11.7. The zero-order valence-electron chi connectivity index (χ0n) is 11.7. The van der Waals surface area contributed by atoms with Crippen LogP contribution in [0.2, 0.25) is 0 Å². The minimum absolute atomic E-state index is 0.0319. The van der Waals surface area contributed by atoms with E-state index in [1.165, 1.54) is 12.8 Å². The summed E-state index contributed by atoms with van der Waals surface area (Å²) in [5, 5.41) is 9.41. The second-order valence-electron chi connectivity index (χ2n) is 7.47. The van der Waals surface area contributed by atoms with Crippen molar-refractivity contribution in [1.82, 2.24) is 0 Å². The molecule has 19 heavy (non-hydrogen) atoms. The molecule has 3 fully saturated rings. The molecule has 102 valence electrons. The van der Waals surface area contributed by atoms with Gasteiger partial charge < -0.3 is 9.47 Å². The number of hydrogen-bond acceptors (Lipinski definition) is 3. The molecule has 0 aromatic rings. The van der Waals surface area contributed by atoms with Crippen LogP contribution in [0.3, 0.4) is 0 Å². The van der Waals surface area contributed by atoms with Crippen LogP contribution in [0.4, 0.5) is 0 Å². The van der Waals surface area contributed by atoms with Crippen molar-refractivity contribution >= 4 is 0 Å². The van der Waals surface area contributed by atoms with Gasteiger partial charge in [-0.3, -0.25) is 0 Å². The molecule has 4 atom stereocenters. The Balaban J connectivity index is 1.71. The average molecular weight is 259 g/mol. The number of allylic oxidation sites excluding steroid dienone is 2. The smallest absolute Gasteiger partial charge is 0.180 e. The maximum atomic E-state index is 9.41. The predicted octanol–water partition coefficient (Wildman–Crippen LogP) is 2.88. The SMILES string of the molecule is CC1(C)COC2(OC1)[C@@H]1[C@@H](C#N)C=C[C@H]3CCC[C@]312. The quantitative estimate of drug-likeness (QED) is 0.628. The first-order valence-corrected chi connectivity index (χ1v) is 7.42. The summed E-state index contributed by atoms with van der Waals surface area (Å²) in [5.41, 5.74) is 0.204. The van der Waals surface area contributed by atoms with E-state index < -0.39 is 5.79 Å². The molecule has 0 radical (unpaired) electrons. The van der Waals surface area contributed by atoms with Gasteiger partial charge in [-0.15, -0.1) is 0 Å². The van der Waals surface area contributed by atoms with Gasteiger partial charge in [0.25, 0.3) is 0 Å². The highest BCUT2D eigenvalue weighted by molar-refractivity contribution is 5.36. The van der Waals surface area contributed by atoms with Crippen molar-refractivity contribution < 1.29 is 9.47 Å². The van der Waals surface area contributed by atoms with Crippen molar-refractivity contribution in [2.45, 2.75) is 38.9 Å². The van der Waals surface area contributed by atoms with Crippen LogP contribution in [-0.2, 0) is 9.47 Å². The summed E-state index contributed by atoms with van der Waals surface area (Å²) in [6.45, 7) is 5.84. The summed E-state index contributed by atoms with van der Waals surface area (Å²) < 4.78 is 12.5. The second-order valence-corrected chi connectivity index (χ2v) is 7.47. The first-order chi connectivity index (χ1) is 9.06. The molecular formula is C16H21NO2. The predicted molar refractivity (Wildman–Crippen MR) is 69.9 cm³/mol.